The maximum atomic E-state index is 10.7. The maximum absolute atomic E-state index is 10.7. The molecule has 1 saturated heterocycles. The highest BCUT2D eigenvalue weighted by atomic mass is 16.1. The molecular weight excluding hydrogens is 152 g/mol. The van der Waals surface area contributed by atoms with Crippen molar-refractivity contribution in [1.82, 2.24) is 4.90 Å². The monoisotopic (exact) mass is 170 g/mol. The van der Waals surface area contributed by atoms with Gasteiger partial charge in [-0.25, -0.2) is 0 Å². The van der Waals surface area contributed by atoms with Crippen molar-refractivity contribution in [1.29, 1.82) is 0 Å². The van der Waals surface area contributed by atoms with Crippen molar-refractivity contribution in [3.05, 3.63) is 0 Å². The molecule has 3 heteroatoms. The lowest BCUT2D eigenvalue weighted by Gasteiger charge is -2.27. The number of rotatable bonds is 3. The van der Waals surface area contributed by atoms with Crippen LogP contribution in [0.5, 0.6) is 0 Å². The molecule has 0 spiro atoms. The van der Waals surface area contributed by atoms with Crippen LogP contribution in [0.2, 0.25) is 0 Å². The van der Waals surface area contributed by atoms with Crippen molar-refractivity contribution < 1.29 is 4.79 Å². The van der Waals surface area contributed by atoms with Crippen LogP contribution in [-0.4, -0.2) is 29.4 Å². The Morgan fingerprint density at radius 2 is 2.33 bits per heavy atom. The Morgan fingerprint density at radius 1 is 1.67 bits per heavy atom. The number of carbonyl (C=O) groups excluding carboxylic acids is 1. The van der Waals surface area contributed by atoms with Gasteiger partial charge in [-0.15, -0.1) is 0 Å². The van der Waals surface area contributed by atoms with Gasteiger partial charge in [0.25, 0.3) is 0 Å². The first-order valence-electron chi connectivity index (χ1n) is 4.65. The molecule has 0 aromatic heterocycles. The maximum Gasteiger partial charge on any atom is 0.218 e. The average Bonchev–Trinajstić information content (AvgIpc) is 2.33. The fraction of sp³-hybridized carbons (Fsp3) is 0.889. The molecule has 1 atom stereocenters. The first-order chi connectivity index (χ1) is 5.61. The van der Waals surface area contributed by atoms with Crippen LogP contribution < -0.4 is 5.73 Å². The fourth-order valence-electron chi connectivity index (χ4n) is 1.99. The van der Waals surface area contributed by atoms with Crippen LogP contribution in [0.15, 0.2) is 0 Å². The number of nitrogens with two attached hydrogens (primary N) is 1. The summed E-state index contributed by atoms with van der Waals surface area (Å²) in [7, 11) is 0. The van der Waals surface area contributed by atoms with Crippen LogP contribution in [0.3, 0.4) is 0 Å². The number of likely N-dealkylation sites (tertiary alicyclic amines) is 1. The molecule has 0 aliphatic carbocycles. The Bertz CT molecular complexity index is 168. The van der Waals surface area contributed by atoms with E-state index in [2.05, 4.69) is 18.7 Å². The summed E-state index contributed by atoms with van der Waals surface area (Å²) in [6.45, 7) is 5.45. The van der Waals surface area contributed by atoms with E-state index in [9.17, 15) is 4.79 Å². The van der Waals surface area contributed by atoms with Crippen LogP contribution in [0, 0.1) is 0 Å². The largest absolute Gasteiger partial charge is 0.370 e. The van der Waals surface area contributed by atoms with E-state index >= 15 is 0 Å². The second-order valence-corrected chi connectivity index (χ2v) is 3.80. The van der Waals surface area contributed by atoms with E-state index in [0.29, 0.717) is 18.5 Å². The SMILES string of the molecule is CC(C)N1CCCC1CC(N)=O. The van der Waals surface area contributed by atoms with E-state index in [4.69, 9.17) is 5.73 Å². The van der Waals surface area contributed by atoms with Gasteiger partial charge in [0.05, 0.1) is 0 Å². The number of primary amides is 1. The summed E-state index contributed by atoms with van der Waals surface area (Å²) < 4.78 is 0. The van der Waals surface area contributed by atoms with Crippen molar-refractivity contribution in [2.24, 2.45) is 5.73 Å². The van der Waals surface area contributed by atoms with E-state index < -0.39 is 0 Å². The second-order valence-electron chi connectivity index (χ2n) is 3.80. The summed E-state index contributed by atoms with van der Waals surface area (Å²) in [6.07, 6.45) is 2.86. The number of hydrogen-bond acceptors (Lipinski definition) is 2. The molecule has 70 valence electrons. The number of hydrogen-bond donors (Lipinski definition) is 1. The van der Waals surface area contributed by atoms with Gasteiger partial charge >= 0.3 is 0 Å². The molecule has 0 aromatic carbocycles. The first-order valence-corrected chi connectivity index (χ1v) is 4.65. The summed E-state index contributed by atoms with van der Waals surface area (Å²) in [5, 5.41) is 0. The summed E-state index contributed by atoms with van der Waals surface area (Å²) in [5.41, 5.74) is 5.17. The second kappa shape index (κ2) is 3.90. The Balaban J connectivity index is 2.46. The lowest BCUT2D eigenvalue weighted by molar-refractivity contribution is -0.119. The summed E-state index contributed by atoms with van der Waals surface area (Å²) in [5.74, 6) is -0.174. The van der Waals surface area contributed by atoms with E-state index in [1.165, 1.54) is 6.42 Å². The minimum atomic E-state index is -0.174. The Hall–Kier alpha value is -0.570. The molecule has 1 aliphatic rings. The van der Waals surface area contributed by atoms with E-state index in [1.807, 2.05) is 0 Å². The van der Waals surface area contributed by atoms with Crippen molar-refractivity contribution >= 4 is 5.91 Å². The minimum absolute atomic E-state index is 0.174. The van der Waals surface area contributed by atoms with Gasteiger partial charge in [0.15, 0.2) is 0 Å². The third-order valence-corrected chi connectivity index (χ3v) is 2.52. The van der Waals surface area contributed by atoms with Gasteiger partial charge in [0, 0.05) is 18.5 Å². The van der Waals surface area contributed by atoms with Crippen LogP contribution >= 0.6 is 0 Å². The molecule has 1 aliphatic heterocycles. The van der Waals surface area contributed by atoms with Crippen LogP contribution in [0.1, 0.15) is 33.1 Å². The van der Waals surface area contributed by atoms with Gasteiger partial charge < -0.3 is 5.73 Å². The van der Waals surface area contributed by atoms with Gasteiger partial charge in [-0.1, -0.05) is 0 Å². The van der Waals surface area contributed by atoms with Gasteiger partial charge in [-0.3, -0.25) is 9.69 Å². The average molecular weight is 170 g/mol. The molecule has 3 nitrogen and oxygen atoms in total. The van der Waals surface area contributed by atoms with Crippen molar-refractivity contribution in [2.75, 3.05) is 6.54 Å². The molecular formula is C9H18N2O. The van der Waals surface area contributed by atoms with E-state index in [0.717, 1.165) is 13.0 Å². The highest BCUT2D eigenvalue weighted by molar-refractivity contribution is 5.74. The van der Waals surface area contributed by atoms with Gasteiger partial charge in [0.2, 0.25) is 5.91 Å². The third kappa shape index (κ3) is 2.21. The van der Waals surface area contributed by atoms with Gasteiger partial charge in [-0.2, -0.15) is 0 Å². The standard InChI is InChI=1S/C9H18N2O/c1-7(2)11-5-3-4-8(11)6-9(10)12/h7-8H,3-6H2,1-2H3,(H2,10,12). The molecule has 1 unspecified atom stereocenters. The predicted octanol–water partition coefficient (Wildman–Crippen LogP) is 0.735. The Morgan fingerprint density at radius 3 is 2.83 bits per heavy atom. The number of nitrogens with zero attached hydrogens (tertiary/aromatic N) is 1. The van der Waals surface area contributed by atoms with Crippen LogP contribution in [0.4, 0.5) is 0 Å². The zero-order chi connectivity index (χ0) is 9.14. The highest BCUT2D eigenvalue weighted by Crippen LogP contribution is 2.21. The van der Waals surface area contributed by atoms with Gasteiger partial charge in [0.1, 0.15) is 0 Å². The molecule has 0 saturated carbocycles. The highest BCUT2D eigenvalue weighted by Gasteiger charge is 2.27. The first kappa shape index (κ1) is 9.52. The van der Waals surface area contributed by atoms with Crippen molar-refractivity contribution in [2.45, 2.75) is 45.2 Å². The molecule has 0 bridgehead atoms. The topological polar surface area (TPSA) is 46.3 Å². The van der Waals surface area contributed by atoms with Gasteiger partial charge in [-0.05, 0) is 33.2 Å². The summed E-state index contributed by atoms with van der Waals surface area (Å²) >= 11 is 0. The number of carbonyl (C=O) groups is 1. The van der Waals surface area contributed by atoms with Crippen LogP contribution in [-0.2, 0) is 4.79 Å². The molecule has 2 N–H and O–H groups in total. The van der Waals surface area contributed by atoms with E-state index in [-0.39, 0.29) is 5.91 Å². The molecule has 0 radical (unpaired) electrons. The van der Waals surface area contributed by atoms with Crippen LogP contribution in [0.25, 0.3) is 0 Å². The Kier molecular flexibility index (Phi) is 3.09. The van der Waals surface area contributed by atoms with Crippen molar-refractivity contribution in [3.8, 4) is 0 Å². The molecule has 1 rings (SSSR count). The zero-order valence-corrected chi connectivity index (χ0v) is 7.92. The fourth-order valence-corrected chi connectivity index (χ4v) is 1.99. The molecule has 1 fully saturated rings. The van der Waals surface area contributed by atoms with E-state index in [1.54, 1.807) is 0 Å². The minimum Gasteiger partial charge on any atom is -0.370 e. The van der Waals surface area contributed by atoms with Crippen molar-refractivity contribution in [3.63, 3.8) is 0 Å². The lowest BCUT2D eigenvalue weighted by atomic mass is 10.1. The smallest absolute Gasteiger partial charge is 0.218 e. The molecule has 1 heterocycles. The number of amides is 1. The zero-order valence-electron chi connectivity index (χ0n) is 7.92. The molecule has 1 amide bonds. The summed E-state index contributed by atoms with van der Waals surface area (Å²) in [6, 6.07) is 0.944. The Labute approximate surface area is 73.9 Å². The third-order valence-electron chi connectivity index (χ3n) is 2.52. The quantitative estimate of drug-likeness (QED) is 0.679. The molecule has 0 aromatic rings. The normalized spacial score (nSPS) is 25.1. The summed E-state index contributed by atoms with van der Waals surface area (Å²) in [4.78, 5) is 13.1. The predicted molar refractivity (Wildman–Crippen MR) is 48.7 cm³/mol. The molecule has 12 heavy (non-hydrogen) atoms. The lowest BCUT2D eigenvalue weighted by Crippen LogP contribution is -2.37.